The summed E-state index contributed by atoms with van der Waals surface area (Å²) in [5.41, 5.74) is 0.869. The van der Waals surface area contributed by atoms with E-state index in [2.05, 4.69) is 18.3 Å². The molecule has 0 saturated carbocycles. The number of unbranched alkanes of at least 4 members (excludes halogenated alkanes) is 12. The minimum atomic E-state index is 0.129. The summed E-state index contributed by atoms with van der Waals surface area (Å²) >= 11 is 0. The van der Waals surface area contributed by atoms with Gasteiger partial charge < -0.3 is 5.32 Å². The Hall–Kier alpha value is -1.31. The van der Waals surface area contributed by atoms with E-state index < -0.39 is 0 Å². The molecule has 1 amide bonds. The molecule has 0 saturated heterocycles. The van der Waals surface area contributed by atoms with Crippen LogP contribution in [0.15, 0.2) is 24.3 Å². The number of hydrogen-bond donors (Lipinski definition) is 1. The minimum absolute atomic E-state index is 0.129. The highest BCUT2D eigenvalue weighted by Crippen LogP contribution is 2.13. The molecule has 0 unspecified atom stereocenters. The Bertz CT molecular complexity index is 402. The molecule has 0 heterocycles. The quantitative estimate of drug-likeness (QED) is 0.348. The van der Waals surface area contributed by atoms with Gasteiger partial charge in [0.05, 0.1) is 0 Å². The Morgan fingerprint density at radius 1 is 0.792 bits per heavy atom. The standard InChI is InChI=1S/C22H36NO/c1-2-3-4-5-6-7-8-9-10-11-12-13-17-20-22(24)23-21-18-15-14-16-19-21/h15-16,18-19H,2-13,17,20H2,1H3,(H,23,24). The van der Waals surface area contributed by atoms with Crippen LogP contribution in [-0.2, 0) is 4.79 Å². The highest BCUT2D eigenvalue weighted by Gasteiger charge is 2.01. The number of benzene rings is 1. The van der Waals surface area contributed by atoms with E-state index in [1.807, 2.05) is 24.3 Å². The van der Waals surface area contributed by atoms with Crippen LogP contribution in [0.5, 0.6) is 0 Å². The molecule has 0 aliphatic heterocycles. The first-order valence-corrected chi connectivity index (χ1v) is 10.1. The Morgan fingerprint density at radius 2 is 1.25 bits per heavy atom. The van der Waals surface area contributed by atoms with Gasteiger partial charge in [0.2, 0.25) is 5.91 Å². The number of hydrogen-bond acceptors (Lipinski definition) is 1. The van der Waals surface area contributed by atoms with E-state index >= 15 is 0 Å². The van der Waals surface area contributed by atoms with Crippen molar-refractivity contribution in [2.45, 2.75) is 96.8 Å². The average Bonchev–Trinajstić information content (AvgIpc) is 2.60. The van der Waals surface area contributed by atoms with Gasteiger partial charge in [-0.1, -0.05) is 96.1 Å². The predicted molar refractivity (Wildman–Crippen MR) is 104 cm³/mol. The monoisotopic (exact) mass is 330 g/mol. The lowest BCUT2D eigenvalue weighted by molar-refractivity contribution is -0.116. The van der Waals surface area contributed by atoms with Gasteiger partial charge in [0.1, 0.15) is 0 Å². The summed E-state index contributed by atoms with van der Waals surface area (Å²) in [5, 5.41) is 2.93. The average molecular weight is 331 g/mol. The van der Waals surface area contributed by atoms with Gasteiger partial charge in [0, 0.05) is 12.1 Å². The van der Waals surface area contributed by atoms with Gasteiger partial charge >= 0.3 is 0 Å². The molecule has 0 atom stereocenters. The molecule has 1 aromatic carbocycles. The van der Waals surface area contributed by atoms with Crippen LogP contribution in [0, 0.1) is 6.07 Å². The van der Waals surface area contributed by atoms with Crippen LogP contribution in [0.4, 0.5) is 5.69 Å². The number of nitrogens with one attached hydrogen (secondary N) is 1. The van der Waals surface area contributed by atoms with E-state index in [4.69, 9.17) is 0 Å². The number of carbonyl (C=O) groups excluding carboxylic acids is 1. The third-order valence-electron chi connectivity index (χ3n) is 4.51. The van der Waals surface area contributed by atoms with Crippen molar-refractivity contribution in [3.05, 3.63) is 30.3 Å². The maximum atomic E-state index is 11.8. The minimum Gasteiger partial charge on any atom is -0.326 e. The van der Waals surface area contributed by atoms with Crippen molar-refractivity contribution in [1.29, 1.82) is 0 Å². The number of rotatable bonds is 15. The zero-order valence-corrected chi connectivity index (χ0v) is 15.6. The summed E-state index contributed by atoms with van der Waals surface area (Å²) in [5.74, 6) is 0.129. The Morgan fingerprint density at radius 3 is 1.75 bits per heavy atom. The van der Waals surface area contributed by atoms with Crippen LogP contribution < -0.4 is 5.32 Å². The van der Waals surface area contributed by atoms with Crippen molar-refractivity contribution in [1.82, 2.24) is 0 Å². The molecule has 135 valence electrons. The van der Waals surface area contributed by atoms with Crippen LogP contribution in [0.25, 0.3) is 0 Å². The molecule has 0 aliphatic rings. The smallest absolute Gasteiger partial charge is 0.224 e. The number of anilines is 1. The van der Waals surface area contributed by atoms with Crippen LogP contribution in [0.3, 0.4) is 0 Å². The van der Waals surface area contributed by atoms with E-state index in [-0.39, 0.29) is 5.91 Å². The van der Waals surface area contributed by atoms with E-state index in [1.54, 1.807) is 0 Å². The van der Waals surface area contributed by atoms with Crippen molar-refractivity contribution in [3.63, 3.8) is 0 Å². The van der Waals surface area contributed by atoms with Crippen molar-refractivity contribution in [3.8, 4) is 0 Å². The zero-order valence-electron chi connectivity index (χ0n) is 15.6. The molecule has 2 nitrogen and oxygen atoms in total. The molecular weight excluding hydrogens is 294 g/mol. The summed E-state index contributed by atoms with van der Waals surface area (Å²) in [6.45, 7) is 2.27. The molecule has 0 aliphatic carbocycles. The molecule has 1 rings (SSSR count). The lowest BCUT2D eigenvalue weighted by Gasteiger charge is -2.05. The predicted octanol–water partition coefficient (Wildman–Crippen LogP) is 6.91. The Kier molecular flexibility index (Phi) is 13.2. The molecule has 1 N–H and O–H groups in total. The van der Waals surface area contributed by atoms with Gasteiger partial charge in [-0.05, 0) is 24.6 Å². The number of amides is 1. The van der Waals surface area contributed by atoms with Gasteiger partial charge in [-0.3, -0.25) is 4.79 Å². The Balaban J connectivity index is 1.81. The van der Waals surface area contributed by atoms with Crippen LogP contribution >= 0.6 is 0 Å². The fourth-order valence-electron chi connectivity index (χ4n) is 3.00. The highest BCUT2D eigenvalue weighted by atomic mass is 16.1. The molecular formula is C22H36NO. The molecule has 0 aromatic heterocycles. The second kappa shape index (κ2) is 15.2. The molecule has 0 spiro atoms. The van der Waals surface area contributed by atoms with Crippen LogP contribution in [-0.4, -0.2) is 5.91 Å². The number of carbonyl (C=O) groups is 1. The van der Waals surface area contributed by atoms with Gasteiger partial charge in [-0.25, -0.2) is 0 Å². The third-order valence-corrected chi connectivity index (χ3v) is 4.51. The van der Waals surface area contributed by atoms with Crippen molar-refractivity contribution in [2.75, 3.05) is 5.32 Å². The van der Waals surface area contributed by atoms with E-state index in [0.717, 1.165) is 12.1 Å². The van der Waals surface area contributed by atoms with Crippen LogP contribution in [0.1, 0.15) is 96.8 Å². The largest absolute Gasteiger partial charge is 0.326 e. The first-order valence-electron chi connectivity index (χ1n) is 10.1. The first-order chi connectivity index (χ1) is 11.8. The summed E-state index contributed by atoms with van der Waals surface area (Å²) in [7, 11) is 0. The van der Waals surface area contributed by atoms with Crippen molar-refractivity contribution in [2.24, 2.45) is 0 Å². The maximum Gasteiger partial charge on any atom is 0.224 e. The SMILES string of the molecule is CCCCCCCCCCCCCCCC(=O)Nc1cc[c]cc1. The molecule has 2 heteroatoms. The molecule has 24 heavy (non-hydrogen) atoms. The van der Waals surface area contributed by atoms with Gasteiger partial charge in [-0.15, -0.1) is 0 Å². The lowest BCUT2D eigenvalue weighted by atomic mass is 10.0. The van der Waals surface area contributed by atoms with Gasteiger partial charge in [0.15, 0.2) is 0 Å². The summed E-state index contributed by atoms with van der Waals surface area (Å²) in [6, 6.07) is 10.3. The molecule has 1 radical (unpaired) electrons. The third kappa shape index (κ3) is 12.2. The second-order valence-corrected chi connectivity index (χ2v) is 6.83. The van der Waals surface area contributed by atoms with E-state index in [0.29, 0.717) is 6.42 Å². The summed E-state index contributed by atoms with van der Waals surface area (Å²) in [6.07, 6.45) is 18.0. The van der Waals surface area contributed by atoms with E-state index in [9.17, 15) is 4.79 Å². The normalized spacial score (nSPS) is 10.7. The van der Waals surface area contributed by atoms with Crippen LogP contribution in [0.2, 0.25) is 0 Å². The lowest BCUT2D eigenvalue weighted by Crippen LogP contribution is -2.10. The maximum absolute atomic E-state index is 11.8. The van der Waals surface area contributed by atoms with Crippen molar-refractivity contribution >= 4 is 11.6 Å². The highest BCUT2D eigenvalue weighted by molar-refractivity contribution is 5.90. The first kappa shape index (κ1) is 20.7. The molecule has 0 fully saturated rings. The van der Waals surface area contributed by atoms with E-state index in [1.165, 1.54) is 77.0 Å². The van der Waals surface area contributed by atoms with Crippen molar-refractivity contribution < 1.29 is 4.79 Å². The fourth-order valence-corrected chi connectivity index (χ4v) is 3.00. The summed E-state index contributed by atoms with van der Waals surface area (Å²) < 4.78 is 0. The zero-order chi connectivity index (χ0) is 17.3. The Labute approximate surface area is 149 Å². The molecule has 1 aromatic rings. The van der Waals surface area contributed by atoms with Gasteiger partial charge in [-0.2, -0.15) is 0 Å². The summed E-state index contributed by atoms with van der Waals surface area (Å²) in [4.78, 5) is 11.8. The fraction of sp³-hybridized carbons (Fsp3) is 0.682. The topological polar surface area (TPSA) is 29.1 Å². The molecule has 0 bridgehead atoms. The second-order valence-electron chi connectivity index (χ2n) is 6.83. The van der Waals surface area contributed by atoms with Gasteiger partial charge in [0.25, 0.3) is 0 Å².